The summed E-state index contributed by atoms with van der Waals surface area (Å²) >= 11 is 5.56. The monoisotopic (exact) mass is 386 g/mol. The largest absolute Gasteiger partial charge is 0.353 e. The molecule has 0 aliphatic carbocycles. The summed E-state index contributed by atoms with van der Waals surface area (Å²) in [5.74, 6) is -0.0559. The van der Waals surface area contributed by atoms with E-state index >= 15 is 0 Å². The molecule has 2 rings (SSSR count). The first-order valence-corrected chi connectivity index (χ1v) is 9.46. The third-order valence-corrected chi connectivity index (χ3v) is 4.35. The number of carbonyl (C=O) groups is 1. The Balaban J connectivity index is 1.93. The van der Waals surface area contributed by atoms with Gasteiger partial charge in [-0.05, 0) is 29.4 Å². The van der Waals surface area contributed by atoms with Gasteiger partial charge in [0.1, 0.15) is 0 Å². The van der Waals surface area contributed by atoms with Gasteiger partial charge in [0.2, 0.25) is 5.91 Å². The highest BCUT2D eigenvalue weighted by molar-refractivity contribution is 7.80. The Kier molecular flexibility index (Phi) is 8.67. The molecule has 27 heavy (non-hydrogen) atoms. The Morgan fingerprint density at radius 2 is 1.78 bits per heavy atom. The summed E-state index contributed by atoms with van der Waals surface area (Å²) in [5, 5.41) is 6.53. The first-order valence-electron chi connectivity index (χ1n) is 9.06. The maximum atomic E-state index is 12.0. The minimum atomic E-state index is -0.0559. The lowest BCUT2D eigenvalue weighted by molar-refractivity contribution is -0.856. The number of likely N-dealkylation sites (N-methyl/N-ethyl adjacent to an activating group) is 1. The SMILES string of the molecule is C[NH+](C)CCNC(=O)CNC(=S)N(Cc1ccccc1)Cc1cccnc1. The van der Waals surface area contributed by atoms with E-state index in [9.17, 15) is 4.79 Å². The molecule has 7 heteroatoms. The van der Waals surface area contributed by atoms with Crippen LogP contribution in [-0.4, -0.2) is 54.6 Å². The molecule has 6 nitrogen and oxygen atoms in total. The fraction of sp³-hybridized carbons (Fsp3) is 0.350. The van der Waals surface area contributed by atoms with Crippen molar-refractivity contribution in [1.29, 1.82) is 0 Å². The second kappa shape index (κ2) is 11.3. The van der Waals surface area contributed by atoms with Crippen LogP contribution in [0.25, 0.3) is 0 Å². The summed E-state index contributed by atoms with van der Waals surface area (Å²) in [4.78, 5) is 19.5. The van der Waals surface area contributed by atoms with E-state index in [0.717, 1.165) is 17.7 Å². The summed E-state index contributed by atoms with van der Waals surface area (Å²) < 4.78 is 0. The highest BCUT2D eigenvalue weighted by Crippen LogP contribution is 2.09. The molecular formula is C20H28N5OS+. The average molecular weight is 387 g/mol. The summed E-state index contributed by atoms with van der Waals surface area (Å²) in [7, 11) is 4.11. The molecule has 0 radical (unpaired) electrons. The smallest absolute Gasteiger partial charge is 0.239 e. The number of nitrogens with one attached hydrogen (secondary N) is 3. The third kappa shape index (κ3) is 8.15. The van der Waals surface area contributed by atoms with Gasteiger partial charge >= 0.3 is 0 Å². The van der Waals surface area contributed by atoms with Gasteiger partial charge in [-0.15, -0.1) is 0 Å². The number of nitrogens with zero attached hydrogens (tertiary/aromatic N) is 2. The quantitative estimate of drug-likeness (QED) is 0.538. The topological polar surface area (TPSA) is 61.7 Å². The van der Waals surface area contributed by atoms with Crippen LogP contribution in [0, 0.1) is 0 Å². The van der Waals surface area contributed by atoms with E-state index in [1.807, 2.05) is 41.4 Å². The van der Waals surface area contributed by atoms with Crippen LogP contribution in [0.4, 0.5) is 0 Å². The van der Waals surface area contributed by atoms with Crippen LogP contribution >= 0.6 is 12.2 Å². The molecule has 0 spiro atoms. The van der Waals surface area contributed by atoms with Gasteiger partial charge in [0, 0.05) is 25.5 Å². The molecule has 144 valence electrons. The van der Waals surface area contributed by atoms with E-state index in [1.165, 1.54) is 4.90 Å². The maximum Gasteiger partial charge on any atom is 0.239 e. The summed E-state index contributed by atoms with van der Waals surface area (Å²) in [6.07, 6.45) is 3.58. The molecule has 3 N–H and O–H groups in total. The second-order valence-electron chi connectivity index (χ2n) is 6.67. The van der Waals surface area contributed by atoms with E-state index in [2.05, 4.69) is 41.8 Å². The summed E-state index contributed by atoms with van der Waals surface area (Å²) in [6, 6.07) is 14.1. The van der Waals surface area contributed by atoms with Crippen LogP contribution in [0.2, 0.25) is 0 Å². The number of quaternary nitrogens is 1. The number of carbonyl (C=O) groups excluding carboxylic acids is 1. The molecule has 1 amide bonds. The molecule has 0 atom stereocenters. The fourth-order valence-corrected chi connectivity index (χ4v) is 2.70. The van der Waals surface area contributed by atoms with Crippen LogP contribution in [0.3, 0.4) is 0 Å². The van der Waals surface area contributed by atoms with Gasteiger partial charge in [-0.25, -0.2) is 0 Å². The molecular weight excluding hydrogens is 358 g/mol. The zero-order chi connectivity index (χ0) is 19.5. The highest BCUT2D eigenvalue weighted by Gasteiger charge is 2.12. The van der Waals surface area contributed by atoms with E-state index in [4.69, 9.17) is 12.2 Å². The number of thiocarbonyl (C=S) groups is 1. The Morgan fingerprint density at radius 3 is 2.44 bits per heavy atom. The van der Waals surface area contributed by atoms with Crippen LogP contribution in [0.15, 0.2) is 54.9 Å². The second-order valence-corrected chi connectivity index (χ2v) is 7.06. The van der Waals surface area contributed by atoms with Crippen molar-refractivity contribution in [3.8, 4) is 0 Å². The molecule has 1 aromatic carbocycles. The number of hydrogen-bond acceptors (Lipinski definition) is 3. The Labute approximate surface area is 166 Å². The molecule has 0 unspecified atom stereocenters. The predicted octanol–water partition coefficient (Wildman–Crippen LogP) is 0.219. The van der Waals surface area contributed by atoms with Crippen molar-refractivity contribution in [3.63, 3.8) is 0 Å². The standard InChI is InChI=1S/C20H27N5OS/c1-24(2)12-11-22-19(26)14-23-20(27)25(15-17-7-4-3-5-8-17)16-18-9-6-10-21-13-18/h3-10,13H,11-12,14-16H2,1-2H3,(H,22,26)(H,23,27)/p+1. The van der Waals surface area contributed by atoms with Crippen LogP contribution in [-0.2, 0) is 17.9 Å². The molecule has 0 aliphatic rings. The van der Waals surface area contributed by atoms with Crippen molar-refractivity contribution in [2.45, 2.75) is 13.1 Å². The molecule has 0 fully saturated rings. The van der Waals surface area contributed by atoms with Crippen LogP contribution in [0.1, 0.15) is 11.1 Å². The van der Waals surface area contributed by atoms with Crippen molar-refractivity contribution in [2.24, 2.45) is 0 Å². The maximum absolute atomic E-state index is 12.0. The Morgan fingerprint density at radius 1 is 1.07 bits per heavy atom. The summed E-state index contributed by atoms with van der Waals surface area (Å²) in [5.41, 5.74) is 2.22. The van der Waals surface area contributed by atoms with Crippen molar-refractivity contribution in [2.75, 3.05) is 33.7 Å². The lowest BCUT2D eigenvalue weighted by Gasteiger charge is -2.26. The number of aromatic nitrogens is 1. The zero-order valence-electron chi connectivity index (χ0n) is 15.9. The normalized spacial score (nSPS) is 10.5. The van der Waals surface area contributed by atoms with E-state index in [0.29, 0.717) is 24.7 Å². The first-order chi connectivity index (χ1) is 13.0. The molecule has 2 aromatic rings. The lowest BCUT2D eigenvalue weighted by atomic mass is 10.2. The van der Waals surface area contributed by atoms with Crippen molar-refractivity contribution >= 4 is 23.2 Å². The first kappa shape index (κ1) is 20.8. The van der Waals surface area contributed by atoms with Crippen LogP contribution < -0.4 is 15.5 Å². The number of rotatable bonds is 9. The van der Waals surface area contributed by atoms with E-state index in [1.54, 1.807) is 6.20 Å². The fourth-order valence-electron chi connectivity index (χ4n) is 2.50. The molecule has 0 bridgehead atoms. The minimum Gasteiger partial charge on any atom is -0.353 e. The summed E-state index contributed by atoms with van der Waals surface area (Å²) in [6.45, 7) is 2.99. The lowest BCUT2D eigenvalue weighted by Crippen LogP contribution is -3.06. The number of amides is 1. The number of benzene rings is 1. The van der Waals surface area contributed by atoms with Gasteiger partial charge in [-0.1, -0.05) is 36.4 Å². The van der Waals surface area contributed by atoms with Gasteiger partial charge in [0.15, 0.2) is 5.11 Å². The van der Waals surface area contributed by atoms with Crippen molar-refractivity contribution < 1.29 is 9.69 Å². The third-order valence-electron chi connectivity index (χ3n) is 3.95. The average Bonchev–Trinajstić information content (AvgIpc) is 2.67. The van der Waals surface area contributed by atoms with Gasteiger partial charge < -0.3 is 20.4 Å². The molecule has 1 heterocycles. The Bertz CT molecular complexity index is 667. The van der Waals surface area contributed by atoms with Gasteiger partial charge in [-0.2, -0.15) is 0 Å². The zero-order valence-corrected chi connectivity index (χ0v) is 16.8. The van der Waals surface area contributed by atoms with E-state index in [-0.39, 0.29) is 12.5 Å². The van der Waals surface area contributed by atoms with Crippen molar-refractivity contribution in [1.82, 2.24) is 20.5 Å². The van der Waals surface area contributed by atoms with Crippen LogP contribution in [0.5, 0.6) is 0 Å². The number of hydrogen-bond donors (Lipinski definition) is 3. The minimum absolute atomic E-state index is 0.0559. The molecule has 0 saturated carbocycles. The van der Waals surface area contributed by atoms with Gasteiger partial charge in [0.25, 0.3) is 0 Å². The van der Waals surface area contributed by atoms with E-state index < -0.39 is 0 Å². The molecule has 1 aromatic heterocycles. The molecule has 0 aliphatic heterocycles. The predicted molar refractivity (Wildman–Crippen MR) is 111 cm³/mol. The number of pyridine rings is 1. The van der Waals surface area contributed by atoms with Crippen molar-refractivity contribution in [3.05, 3.63) is 66.0 Å². The van der Waals surface area contributed by atoms with Gasteiger partial charge in [-0.3, -0.25) is 9.78 Å². The van der Waals surface area contributed by atoms with Gasteiger partial charge in [0.05, 0.1) is 33.7 Å². The highest BCUT2D eigenvalue weighted by atomic mass is 32.1. The Hall–Kier alpha value is -2.51. The molecule has 0 saturated heterocycles.